The van der Waals surface area contributed by atoms with Crippen LogP contribution >= 0.6 is 0 Å². The fourth-order valence-corrected chi connectivity index (χ4v) is 2.87. The van der Waals surface area contributed by atoms with Crippen LogP contribution in [0.3, 0.4) is 0 Å². The Morgan fingerprint density at radius 3 is 3.00 bits per heavy atom. The molecule has 0 aromatic carbocycles. The highest BCUT2D eigenvalue weighted by atomic mass is 16.5. The van der Waals surface area contributed by atoms with Crippen LogP contribution in [0.15, 0.2) is 30.9 Å². The molecule has 2 aromatic rings. The monoisotopic (exact) mass is 329 g/mol. The van der Waals surface area contributed by atoms with E-state index in [4.69, 9.17) is 4.74 Å². The molecule has 0 radical (unpaired) electrons. The third-order valence-electron chi connectivity index (χ3n) is 4.04. The van der Waals surface area contributed by atoms with E-state index in [0.717, 1.165) is 24.4 Å². The van der Waals surface area contributed by atoms with Crippen molar-refractivity contribution < 1.29 is 9.53 Å². The molecule has 0 N–H and O–H groups in total. The number of hydrogen-bond donors (Lipinski definition) is 0. The molecule has 1 unspecified atom stereocenters. The van der Waals surface area contributed by atoms with Crippen LogP contribution in [0.2, 0.25) is 0 Å². The van der Waals surface area contributed by atoms with Crippen molar-refractivity contribution in [3.63, 3.8) is 0 Å². The number of ether oxygens (including phenoxy) is 1. The van der Waals surface area contributed by atoms with E-state index in [2.05, 4.69) is 14.9 Å². The Hall–Kier alpha value is -2.41. The maximum Gasteiger partial charge on any atom is 0.272 e. The molecule has 7 nitrogen and oxygen atoms in total. The number of hydrogen-bond acceptors (Lipinski definition) is 5. The molecule has 1 fully saturated rings. The van der Waals surface area contributed by atoms with E-state index >= 15 is 0 Å². The van der Waals surface area contributed by atoms with Crippen molar-refractivity contribution in [2.45, 2.75) is 19.1 Å². The average molecular weight is 329 g/mol. The van der Waals surface area contributed by atoms with E-state index in [0.29, 0.717) is 18.8 Å². The van der Waals surface area contributed by atoms with Crippen LogP contribution < -0.4 is 4.74 Å². The minimum absolute atomic E-state index is 0.00382. The van der Waals surface area contributed by atoms with Crippen molar-refractivity contribution >= 4 is 5.91 Å². The zero-order valence-corrected chi connectivity index (χ0v) is 14.3. The van der Waals surface area contributed by atoms with Gasteiger partial charge in [-0.1, -0.05) is 0 Å². The van der Waals surface area contributed by atoms with Gasteiger partial charge in [0.25, 0.3) is 5.91 Å². The highest BCUT2D eigenvalue weighted by molar-refractivity contribution is 5.92. The number of pyridine rings is 1. The standard InChI is InChI=1S/C17H23N5O2/c1-20(2)10-13-8-14(4-6-19-13)24-15-5-7-22(11-15)17(23)16-9-18-12-21(16)3/h4,6,8-9,12,15H,5,7,10-11H2,1-3H3. The summed E-state index contributed by atoms with van der Waals surface area (Å²) in [7, 11) is 5.84. The summed E-state index contributed by atoms with van der Waals surface area (Å²) in [6, 6.07) is 3.83. The minimum atomic E-state index is 0.00382. The van der Waals surface area contributed by atoms with Crippen LogP contribution in [0.1, 0.15) is 22.6 Å². The lowest BCUT2D eigenvalue weighted by Crippen LogP contribution is -2.32. The maximum absolute atomic E-state index is 12.5. The van der Waals surface area contributed by atoms with E-state index in [1.807, 2.05) is 38.2 Å². The minimum Gasteiger partial charge on any atom is -0.488 e. The second-order valence-corrected chi connectivity index (χ2v) is 6.39. The second kappa shape index (κ2) is 7.00. The van der Waals surface area contributed by atoms with Crippen LogP contribution in [0.25, 0.3) is 0 Å². The van der Waals surface area contributed by atoms with Gasteiger partial charge in [0.1, 0.15) is 17.5 Å². The van der Waals surface area contributed by atoms with E-state index < -0.39 is 0 Å². The van der Waals surface area contributed by atoms with Gasteiger partial charge in [0.05, 0.1) is 24.8 Å². The first-order valence-electron chi connectivity index (χ1n) is 8.05. The van der Waals surface area contributed by atoms with Gasteiger partial charge < -0.3 is 19.1 Å². The Bertz CT molecular complexity index is 713. The predicted molar refractivity (Wildman–Crippen MR) is 89.8 cm³/mol. The van der Waals surface area contributed by atoms with E-state index in [1.54, 1.807) is 23.3 Å². The van der Waals surface area contributed by atoms with Crippen molar-refractivity contribution in [3.8, 4) is 5.75 Å². The Labute approximate surface area is 141 Å². The fourth-order valence-electron chi connectivity index (χ4n) is 2.87. The summed E-state index contributed by atoms with van der Waals surface area (Å²) >= 11 is 0. The second-order valence-electron chi connectivity index (χ2n) is 6.39. The number of carbonyl (C=O) groups is 1. The summed E-state index contributed by atoms with van der Waals surface area (Å²) in [6.45, 7) is 2.06. The first kappa shape index (κ1) is 16.4. The lowest BCUT2D eigenvalue weighted by Gasteiger charge is -2.17. The predicted octanol–water partition coefficient (Wildman–Crippen LogP) is 1.17. The molecule has 0 aliphatic carbocycles. The van der Waals surface area contributed by atoms with E-state index in [-0.39, 0.29) is 12.0 Å². The molecule has 3 heterocycles. The van der Waals surface area contributed by atoms with Gasteiger partial charge >= 0.3 is 0 Å². The summed E-state index contributed by atoms with van der Waals surface area (Å²) in [5, 5.41) is 0. The number of aryl methyl sites for hydroxylation is 1. The molecule has 1 saturated heterocycles. The van der Waals surface area contributed by atoms with E-state index in [9.17, 15) is 4.79 Å². The number of rotatable bonds is 5. The van der Waals surface area contributed by atoms with Crippen molar-refractivity contribution in [1.82, 2.24) is 24.3 Å². The third kappa shape index (κ3) is 3.73. The first-order chi connectivity index (χ1) is 11.5. The van der Waals surface area contributed by atoms with Crippen LogP contribution in [0, 0.1) is 0 Å². The molecule has 1 aliphatic rings. The number of amides is 1. The normalized spacial score (nSPS) is 17.5. The van der Waals surface area contributed by atoms with Crippen LogP contribution in [-0.2, 0) is 13.6 Å². The van der Waals surface area contributed by atoms with Crippen molar-refractivity contribution in [3.05, 3.63) is 42.2 Å². The SMILES string of the molecule is CN(C)Cc1cc(OC2CCN(C(=O)c3cncn3C)C2)ccn1. The van der Waals surface area contributed by atoms with Gasteiger partial charge in [-0.3, -0.25) is 9.78 Å². The Balaban J connectivity index is 1.60. The molecule has 1 aliphatic heterocycles. The zero-order chi connectivity index (χ0) is 17.1. The Morgan fingerprint density at radius 2 is 2.29 bits per heavy atom. The first-order valence-corrected chi connectivity index (χ1v) is 8.05. The molecule has 2 aromatic heterocycles. The summed E-state index contributed by atoms with van der Waals surface area (Å²) in [5.74, 6) is 0.811. The zero-order valence-electron chi connectivity index (χ0n) is 14.3. The van der Waals surface area contributed by atoms with Gasteiger partial charge in [0, 0.05) is 38.8 Å². The summed E-state index contributed by atoms with van der Waals surface area (Å²) in [4.78, 5) is 24.7. The largest absolute Gasteiger partial charge is 0.488 e. The average Bonchev–Trinajstić information content (AvgIpc) is 3.15. The number of aromatic nitrogens is 3. The van der Waals surface area contributed by atoms with Crippen molar-refractivity contribution in [2.24, 2.45) is 7.05 Å². The quantitative estimate of drug-likeness (QED) is 0.824. The Morgan fingerprint density at radius 1 is 1.46 bits per heavy atom. The summed E-state index contributed by atoms with van der Waals surface area (Å²) in [6.07, 6.45) is 5.85. The van der Waals surface area contributed by atoms with Gasteiger partial charge in [-0.25, -0.2) is 4.98 Å². The van der Waals surface area contributed by atoms with Gasteiger partial charge in [-0.05, 0) is 20.2 Å². The molecule has 3 rings (SSSR count). The van der Waals surface area contributed by atoms with Gasteiger partial charge in [0.2, 0.25) is 0 Å². The molecular weight excluding hydrogens is 306 g/mol. The number of carbonyl (C=O) groups excluding carboxylic acids is 1. The summed E-state index contributed by atoms with van der Waals surface area (Å²) in [5.41, 5.74) is 1.58. The molecular formula is C17H23N5O2. The molecule has 7 heteroatoms. The van der Waals surface area contributed by atoms with Gasteiger partial charge in [-0.15, -0.1) is 0 Å². The fraction of sp³-hybridized carbons (Fsp3) is 0.471. The van der Waals surface area contributed by atoms with Crippen molar-refractivity contribution in [2.75, 3.05) is 27.2 Å². The molecule has 24 heavy (non-hydrogen) atoms. The smallest absolute Gasteiger partial charge is 0.272 e. The number of imidazole rings is 1. The summed E-state index contributed by atoms with van der Waals surface area (Å²) < 4.78 is 7.79. The van der Waals surface area contributed by atoms with Gasteiger partial charge in [0.15, 0.2) is 0 Å². The molecule has 0 saturated carbocycles. The topological polar surface area (TPSA) is 63.5 Å². The van der Waals surface area contributed by atoms with Crippen LogP contribution in [0.5, 0.6) is 5.75 Å². The molecule has 1 atom stereocenters. The van der Waals surface area contributed by atoms with Crippen LogP contribution in [0.4, 0.5) is 0 Å². The van der Waals surface area contributed by atoms with Crippen LogP contribution in [-0.4, -0.2) is 63.5 Å². The third-order valence-corrected chi connectivity index (χ3v) is 4.04. The number of likely N-dealkylation sites (tertiary alicyclic amines) is 1. The van der Waals surface area contributed by atoms with Gasteiger partial charge in [-0.2, -0.15) is 0 Å². The number of nitrogens with zero attached hydrogens (tertiary/aromatic N) is 5. The molecule has 0 spiro atoms. The lowest BCUT2D eigenvalue weighted by molar-refractivity contribution is 0.0763. The lowest BCUT2D eigenvalue weighted by atomic mass is 10.3. The Kier molecular flexibility index (Phi) is 4.80. The highest BCUT2D eigenvalue weighted by Crippen LogP contribution is 2.20. The van der Waals surface area contributed by atoms with E-state index in [1.165, 1.54) is 0 Å². The molecule has 0 bridgehead atoms. The van der Waals surface area contributed by atoms with Crippen molar-refractivity contribution in [1.29, 1.82) is 0 Å². The molecule has 128 valence electrons. The maximum atomic E-state index is 12.5. The highest BCUT2D eigenvalue weighted by Gasteiger charge is 2.29. The molecule has 1 amide bonds.